The van der Waals surface area contributed by atoms with E-state index in [-0.39, 0.29) is 65.0 Å². The standard InChI is InChI=1S/C37H38ClF3N10O5/c1-20-16-36(9-11-49(12-10-36)34(55)29-31(53)21(2)43-19-44-29)28-30(20)50(18-27(52)45-25-7-6-23(15-24(25)38)37(39,40)41)35-46-32(47-51(35)33(28)54)22-5-8-26(42-17-22)48(3)13-14-56-4/h5-8,15,17,19-20,53H,9-14,16,18H2,1-4H3,(H,45,52). The molecule has 0 bridgehead atoms. The van der Waals surface area contributed by atoms with E-state index in [1.54, 1.807) is 41.8 Å². The maximum Gasteiger partial charge on any atom is 0.416 e. The van der Waals surface area contributed by atoms with Crippen LogP contribution in [0.25, 0.3) is 17.2 Å². The molecule has 1 spiro atoms. The highest BCUT2D eigenvalue weighted by molar-refractivity contribution is 6.33. The van der Waals surface area contributed by atoms with Crippen molar-refractivity contribution in [3.05, 3.63) is 86.4 Å². The van der Waals surface area contributed by atoms with Gasteiger partial charge in [0.2, 0.25) is 11.7 Å². The zero-order chi connectivity index (χ0) is 40.1. The number of methoxy groups -OCH3 is 1. The first kappa shape index (κ1) is 38.6. The molecule has 1 aliphatic carbocycles. The fourth-order valence-electron chi connectivity index (χ4n) is 7.73. The number of rotatable bonds is 9. The number of pyridine rings is 1. The Kier molecular flexibility index (Phi) is 10.2. The van der Waals surface area contributed by atoms with Crippen molar-refractivity contribution in [2.75, 3.05) is 50.6 Å². The van der Waals surface area contributed by atoms with E-state index in [1.165, 1.54) is 10.8 Å². The molecule has 2 aliphatic rings. The van der Waals surface area contributed by atoms with E-state index in [4.69, 9.17) is 21.3 Å². The summed E-state index contributed by atoms with van der Waals surface area (Å²) >= 11 is 6.18. The number of carbonyl (C=O) groups is 2. The van der Waals surface area contributed by atoms with Crippen LogP contribution in [0.15, 0.2) is 47.7 Å². The summed E-state index contributed by atoms with van der Waals surface area (Å²) in [6, 6.07) is 6.21. The van der Waals surface area contributed by atoms with Crippen molar-refractivity contribution in [2.24, 2.45) is 0 Å². The lowest BCUT2D eigenvalue weighted by atomic mass is 9.73. The number of piperidine rings is 1. The summed E-state index contributed by atoms with van der Waals surface area (Å²) < 4.78 is 47.9. The van der Waals surface area contributed by atoms with Gasteiger partial charge in [0.25, 0.3) is 11.5 Å². The van der Waals surface area contributed by atoms with Crippen LogP contribution in [0.4, 0.5) is 24.7 Å². The summed E-state index contributed by atoms with van der Waals surface area (Å²) in [7, 11) is 3.49. The number of aromatic nitrogens is 7. The Morgan fingerprint density at radius 2 is 1.89 bits per heavy atom. The van der Waals surface area contributed by atoms with E-state index in [0.29, 0.717) is 55.1 Å². The molecular formula is C37H38ClF3N10O5. The van der Waals surface area contributed by atoms with Gasteiger partial charge in [-0.1, -0.05) is 18.5 Å². The number of likely N-dealkylation sites (tertiary alicyclic amines) is 1. The van der Waals surface area contributed by atoms with E-state index in [0.717, 1.165) is 18.2 Å². The molecule has 7 rings (SSSR count). The number of aryl methyl sites for hydroxylation is 1. The van der Waals surface area contributed by atoms with E-state index in [1.807, 2.05) is 18.9 Å². The number of carbonyl (C=O) groups excluding carboxylic acids is 2. The Balaban J connectivity index is 1.27. The molecule has 2 N–H and O–H groups in total. The van der Waals surface area contributed by atoms with E-state index < -0.39 is 34.5 Å². The molecule has 5 aromatic rings. The molecule has 0 saturated carbocycles. The van der Waals surface area contributed by atoms with Gasteiger partial charge in [0, 0.05) is 62.2 Å². The average molecular weight is 795 g/mol. The molecular weight excluding hydrogens is 757 g/mol. The Morgan fingerprint density at radius 3 is 2.55 bits per heavy atom. The van der Waals surface area contributed by atoms with Gasteiger partial charge in [-0.15, -0.1) is 5.10 Å². The highest BCUT2D eigenvalue weighted by atomic mass is 35.5. The first-order valence-electron chi connectivity index (χ1n) is 17.8. The van der Waals surface area contributed by atoms with Gasteiger partial charge in [-0.2, -0.15) is 22.7 Å². The monoisotopic (exact) mass is 794 g/mol. The second-order valence-corrected chi connectivity index (χ2v) is 14.6. The van der Waals surface area contributed by atoms with Crippen molar-refractivity contribution in [3.63, 3.8) is 0 Å². The molecule has 1 atom stereocenters. The number of nitrogens with zero attached hydrogens (tertiary/aromatic N) is 9. The van der Waals surface area contributed by atoms with Crippen LogP contribution in [0.3, 0.4) is 0 Å². The normalized spacial score (nSPS) is 16.4. The van der Waals surface area contributed by atoms with Crippen LogP contribution in [0, 0.1) is 6.92 Å². The number of likely N-dealkylation sites (N-methyl/N-ethyl adjacent to an activating group) is 1. The van der Waals surface area contributed by atoms with Crippen LogP contribution < -0.4 is 15.8 Å². The fraction of sp³-hybridized carbons (Fsp3) is 0.405. The topological polar surface area (TPSA) is 173 Å². The zero-order valence-electron chi connectivity index (χ0n) is 30.9. The quantitative estimate of drug-likeness (QED) is 0.209. The number of aromatic hydroxyl groups is 1. The van der Waals surface area contributed by atoms with Crippen LogP contribution >= 0.6 is 11.6 Å². The SMILES string of the molecule is COCCN(C)c1ccc(-c2nc3n(CC(=O)Nc4ccc(C(F)(F)F)cc4Cl)c4c(c(=O)n3n2)C2(CCN(C(=O)c3ncnc(C)c3O)CC2)CC4C)cn1. The minimum Gasteiger partial charge on any atom is -0.504 e. The third-order valence-corrected chi connectivity index (χ3v) is 10.9. The Morgan fingerprint density at radius 1 is 1.14 bits per heavy atom. The van der Waals surface area contributed by atoms with Crippen molar-refractivity contribution in [1.29, 1.82) is 0 Å². The van der Waals surface area contributed by atoms with Crippen LogP contribution in [0.5, 0.6) is 5.75 Å². The minimum absolute atomic E-state index is 0.0198. The van der Waals surface area contributed by atoms with Gasteiger partial charge < -0.3 is 29.5 Å². The molecule has 294 valence electrons. The minimum atomic E-state index is -4.62. The molecule has 2 amide bonds. The van der Waals surface area contributed by atoms with Crippen molar-refractivity contribution in [3.8, 4) is 17.1 Å². The van der Waals surface area contributed by atoms with Crippen LogP contribution in [0.2, 0.25) is 5.02 Å². The summed E-state index contributed by atoms with van der Waals surface area (Å²) in [4.78, 5) is 62.5. The summed E-state index contributed by atoms with van der Waals surface area (Å²) in [6.45, 7) is 4.78. The second-order valence-electron chi connectivity index (χ2n) is 14.2. The van der Waals surface area contributed by atoms with Crippen LogP contribution in [-0.4, -0.2) is 96.3 Å². The first-order valence-corrected chi connectivity index (χ1v) is 18.2. The fourth-order valence-corrected chi connectivity index (χ4v) is 7.95. The molecule has 0 radical (unpaired) electrons. The highest BCUT2D eigenvalue weighted by Crippen LogP contribution is 2.50. The van der Waals surface area contributed by atoms with Gasteiger partial charge in [0.05, 0.1) is 28.6 Å². The Labute approximate surface area is 323 Å². The molecule has 1 aliphatic heterocycles. The van der Waals surface area contributed by atoms with Gasteiger partial charge in [0.15, 0.2) is 17.3 Å². The third-order valence-electron chi connectivity index (χ3n) is 10.6. The maximum absolute atomic E-state index is 14.6. The van der Waals surface area contributed by atoms with Gasteiger partial charge in [-0.25, -0.2) is 15.0 Å². The summed E-state index contributed by atoms with van der Waals surface area (Å²) in [5, 5.41) is 17.4. The number of ether oxygens (including phenoxy) is 1. The smallest absolute Gasteiger partial charge is 0.416 e. The lowest BCUT2D eigenvalue weighted by molar-refractivity contribution is -0.137. The number of hydrogen-bond donors (Lipinski definition) is 2. The first-order chi connectivity index (χ1) is 26.6. The molecule has 1 saturated heterocycles. The number of alkyl halides is 3. The summed E-state index contributed by atoms with van der Waals surface area (Å²) in [5.74, 6) is -0.657. The largest absolute Gasteiger partial charge is 0.504 e. The van der Waals surface area contributed by atoms with Crippen molar-refractivity contribution in [2.45, 2.75) is 57.2 Å². The molecule has 1 aromatic carbocycles. The van der Waals surface area contributed by atoms with Crippen LogP contribution in [-0.2, 0) is 27.7 Å². The number of benzene rings is 1. The van der Waals surface area contributed by atoms with E-state index >= 15 is 0 Å². The lowest BCUT2D eigenvalue weighted by Gasteiger charge is -2.39. The number of nitrogens with one attached hydrogen (secondary N) is 1. The molecule has 1 fully saturated rings. The number of halogens is 4. The molecule has 15 nitrogen and oxygen atoms in total. The average Bonchev–Trinajstić information content (AvgIpc) is 3.74. The number of fused-ring (bicyclic) bond motifs is 3. The highest BCUT2D eigenvalue weighted by Gasteiger charge is 2.49. The Bertz CT molecular complexity index is 2390. The third kappa shape index (κ3) is 7.02. The van der Waals surface area contributed by atoms with Crippen molar-refractivity contribution in [1.82, 2.24) is 39.0 Å². The second kappa shape index (κ2) is 14.8. The van der Waals surface area contributed by atoms with Crippen molar-refractivity contribution < 1.29 is 32.6 Å². The Hall–Kier alpha value is -5.62. The predicted octanol–water partition coefficient (Wildman–Crippen LogP) is 4.83. The van der Waals surface area contributed by atoms with Gasteiger partial charge in [-0.05, 0) is 62.4 Å². The van der Waals surface area contributed by atoms with Gasteiger partial charge >= 0.3 is 6.18 Å². The van der Waals surface area contributed by atoms with Crippen LogP contribution in [0.1, 0.15) is 65.1 Å². The maximum atomic E-state index is 14.6. The predicted molar refractivity (Wildman–Crippen MR) is 199 cm³/mol. The van der Waals surface area contributed by atoms with Gasteiger partial charge in [0.1, 0.15) is 18.7 Å². The lowest BCUT2D eigenvalue weighted by Crippen LogP contribution is -2.46. The van der Waals surface area contributed by atoms with Crippen molar-refractivity contribution >= 4 is 40.7 Å². The number of hydrogen-bond acceptors (Lipinski definition) is 11. The molecule has 19 heteroatoms. The van der Waals surface area contributed by atoms with E-state index in [9.17, 15) is 32.7 Å². The zero-order valence-corrected chi connectivity index (χ0v) is 31.6. The molecule has 56 heavy (non-hydrogen) atoms. The summed E-state index contributed by atoms with van der Waals surface area (Å²) in [5.41, 5.74) is -0.366. The number of anilines is 2. The molecule has 1 unspecified atom stereocenters. The number of amides is 2. The molecule has 5 heterocycles. The summed E-state index contributed by atoms with van der Waals surface area (Å²) in [6.07, 6.45) is -0.482. The molecule has 4 aromatic heterocycles. The van der Waals surface area contributed by atoms with E-state index in [2.05, 4.69) is 25.4 Å². The van der Waals surface area contributed by atoms with Gasteiger partial charge in [-0.3, -0.25) is 14.4 Å².